The number of nitrogens with zero attached hydrogens (tertiary/aromatic N) is 3. The van der Waals surface area contributed by atoms with E-state index < -0.39 is 17.2 Å². The summed E-state index contributed by atoms with van der Waals surface area (Å²) >= 11 is 7.65. The predicted molar refractivity (Wildman–Crippen MR) is 128 cm³/mol. The van der Waals surface area contributed by atoms with Crippen LogP contribution in [0.4, 0.5) is 4.79 Å². The largest absolute Gasteiger partial charge is 0.494 e. The second kappa shape index (κ2) is 10.3. The maximum Gasteiger partial charge on any atom is 0.321 e. The molecule has 3 aromatic rings. The molecule has 1 fully saturated rings. The summed E-state index contributed by atoms with van der Waals surface area (Å²) in [7, 11) is 0. The number of nitrogens with one attached hydrogen (secondary N) is 2. The first-order valence-corrected chi connectivity index (χ1v) is 11.9. The standard InChI is InChI=1S/C23H24ClN5O3S/c1-3-32-17-12-10-16(11-13-17)29-20(18-6-4-5-7-19(18)24)27-28-23(29)33-14(2)21(30)26-22(31)25-15-8-9-15/h4-7,10-15H,3,8-9H2,1-2H3,(H2,25,26,30,31). The molecule has 1 aliphatic rings. The number of carbonyl (C=O) groups excluding carboxylic acids is 2. The molecule has 1 unspecified atom stereocenters. The van der Waals surface area contributed by atoms with Gasteiger partial charge in [-0.15, -0.1) is 10.2 Å². The van der Waals surface area contributed by atoms with Crippen molar-refractivity contribution in [2.45, 2.75) is 43.1 Å². The number of carbonyl (C=O) groups is 2. The number of aromatic nitrogens is 3. The van der Waals surface area contributed by atoms with Crippen molar-refractivity contribution in [1.29, 1.82) is 0 Å². The van der Waals surface area contributed by atoms with Gasteiger partial charge in [-0.1, -0.05) is 35.5 Å². The van der Waals surface area contributed by atoms with Gasteiger partial charge in [0.1, 0.15) is 5.75 Å². The number of hydrogen-bond donors (Lipinski definition) is 2. The first-order valence-electron chi connectivity index (χ1n) is 10.7. The van der Waals surface area contributed by atoms with Gasteiger partial charge >= 0.3 is 6.03 Å². The fraction of sp³-hybridized carbons (Fsp3) is 0.304. The second-order valence-corrected chi connectivity index (χ2v) is 9.26. The highest BCUT2D eigenvalue weighted by molar-refractivity contribution is 8.00. The lowest BCUT2D eigenvalue weighted by molar-refractivity contribution is -0.119. The van der Waals surface area contributed by atoms with Crippen LogP contribution in [0.3, 0.4) is 0 Å². The van der Waals surface area contributed by atoms with E-state index in [4.69, 9.17) is 16.3 Å². The normalized spacial score (nSPS) is 13.9. The summed E-state index contributed by atoms with van der Waals surface area (Å²) in [4.78, 5) is 24.5. The van der Waals surface area contributed by atoms with E-state index in [1.807, 2.05) is 54.0 Å². The van der Waals surface area contributed by atoms with Crippen LogP contribution in [-0.2, 0) is 4.79 Å². The van der Waals surface area contributed by atoms with E-state index in [0.717, 1.165) is 24.3 Å². The van der Waals surface area contributed by atoms with Gasteiger partial charge in [0.25, 0.3) is 0 Å². The number of ether oxygens (including phenoxy) is 1. The summed E-state index contributed by atoms with van der Waals surface area (Å²) in [6.45, 7) is 4.21. The van der Waals surface area contributed by atoms with Gasteiger partial charge in [-0.2, -0.15) is 0 Å². The van der Waals surface area contributed by atoms with Crippen molar-refractivity contribution < 1.29 is 14.3 Å². The Morgan fingerprint density at radius 1 is 1.18 bits per heavy atom. The Balaban J connectivity index is 1.62. The van der Waals surface area contributed by atoms with Gasteiger partial charge < -0.3 is 10.1 Å². The third kappa shape index (κ3) is 5.66. The molecule has 2 N–H and O–H groups in total. The summed E-state index contributed by atoms with van der Waals surface area (Å²) in [5, 5.41) is 14.3. The number of hydrogen-bond acceptors (Lipinski definition) is 6. The molecule has 172 valence electrons. The van der Waals surface area contributed by atoms with Crippen molar-refractivity contribution in [1.82, 2.24) is 25.4 Å². The Morgan fingerprint density at radius 3 is 2.58 bits per heavy atom. The van der Waals surface area contributed by atoms with E-state index in [9.17, 15) is 9.59 Å². The van der Waals surface area contributed by atoms with Gasteiger partial charge in [-0.05, 0) is 63.1 Å². The molecule has 1 aliphatic carbocycles. The van der Waals surface area contributed by atoms with Crippen molar-refractivity contribution >= 4 is 35.3 Å². The van der Waals surface area contributed by atoms with Crippen LogP contribution in [-0.4, -0.2) is 44.6 Å². The zero-order valence-corrected chi connectivity index (χ0v) is 19.8. The molecule has 0 radical (unpaired) electrons. The number of urea groups is 1. The third-order valence-electron chi connectivity index (χ3n) is 4.95. The molecule has 0 spiro atoms. The Labute approximate surface area is 201 Å². The number of rotatable bonds is 8. The molecule has 33 heavy (non-hydrogen) atoms. The van der Waals surface area contributed by atoms with E-state index in [-0.39, 0.29) is 6.04 Å². The van der Waals surface area contributed by atoms with Crippen LogP contribution in [0.25, 0.3) is 17.1 Å². The summed E-state index contributed by atoms with van der Waals surface area (Å²) in [5.74, 6) is 0.891. The molecule has 2 aromatic carbocycles. The molecule has 1 heterocycles. The average Bonchev–Trinajstić information content (AvgIpc) is 3.52. The van der Waals surface area contributed by atoms with Gasteiger partial charge in [-0.25, -0.2) is 4.79 Å². The van der Waals surface area contributed by atoms with Crippen molar-refractivity contribution in [3.8, 4) is 22.8 Å². The maximum absolute atomic E-state index is 12.6. The summed E-state index contributed by atoms with van der Waals surface area (Å²) in [6, 6.07) is 14.6. The van der Waals surface area contributed by atoms with Crippen molar-refractivity contribution in [2.24, 2.45) is 0 Å². The van der Waals surface area contributed by atoms with E-state index in [1.54, 1.807) is 13.0 Å². The van der Waals surface area contributed by atoms with Crippen LogP contribution in [0.5, 0.6) is 5.75 Å². The van der Waals surface area contributed by atoms with Crippen molar-refractivity contribution in [3.63, 3.8) is 0 Å². The smallest absolute Gasteiger partial charge is 0.321 e. The minimum atomic E-state index is -0.584. The number of thioether (sulfide) groups is 1. The highest BCUT2D eigenvalue weighted by Gasteiger charge is 2.27. The molecule has 1 saturated carbocycles. The fourth-order valence-corrected chi connectivity index (χ4v) is 4.22. The molecule has 1 aromatic heterocycles. The Hall–Kier alpha value is -3.04. The van der Waals surface area contributed by atoms with Crippen LogP contribution in [0.2, 0.25) is 5.02 Å². The lowest BCUT2D eigenvalue weighted by Crippen LogP contribution is -2.43. The first kappa shape index (κ1) is 23.1. The summed E-state index contributed by atoms with van der Waals surface area (Å²) in [6.07, 6.45) is 1.89. The zero-order chi connectivity index (χ0) is 23.4. The number of benzene rings is 2. The van der Waals surface area contributed by atoms with Gasteiger partial charge in [0.2, 0.25) is 5.91 Å². The first-order chi connectivity index (χ1) is 16.0. The van der Waals surface area contributed by atoms with Crippen LogP contribution >= 0.6 is 23.4 Å². The Morgan fingerprint density at radius 2 is 1.91 bits per heavy atom. The monoisotopic (exact) mass is 485 g/mol. The number of amides is 3. The highest BCUT2D eigenvalue weighted by atomic mass is 35.5. The second-order valence-electron chi connectivity index (χ2n) is 7.55. The van der Waals surface area contributed by atoms with Crippen LogP contribution in [0.15, 0.2) is 53.7 Å². The molecule has 10 heteroatoms. The highest BCUT2D eigenvalue weighted by Crippen LogP contribution is 2.33. The van der Waals surface area contributed by atoms with Crippen molar-refractivity contribution in [2.75, 3.05) is 6.61 Å². The lowest BCUT2D eigenvalue weighted by Gasteiger charge is -2.14. The molecule has 4 rings (SSSR count). The molecular formula is C23H24ClN5O3S. The van der Waals surface area contributed by atoms with Crippen LogP contribution in [0.1, 0.15) is 26.7 Å². The van der Waals surface area contributed by atoms with E-state index in [2.05, 4.69) is 20.8 Å². The molecule has 0 bridgehead atoms. The van der Waals surface area contributed by atoms with Crippen LogP contribution < -0.4 is 15.4 Å². The van der Waals surface area contributed by atoms with Gasteiger partial charge in [0.15, 0.2) is 11.0 Å². The summed E-state index contributed by atoms with van der Waals surface area (Å²) in [5.41, 5.74) is 1.51. The molecule has 1 atom stereocenters. The third-order valence-corrected chi connectivity index (χ3v) is 6.33. The molecule has 0 aliphatic heterocycles. The van der Waals surface area contributed by atoms with E-state index >= 15 is 0 Å². The average molecular weight is 486 g/mol. The summed E-state index contributed by atoms with van der Waals surface area (Å²) < 4.78 is 7.39. The van der Waals surface area contributed by atoms with E-state index in [1.165, 1.54) is 11.8 Å². The Kier molecular flexibility index (Phi) is 7.20. The van der Waals surface area contributed by atoms with Gasteiger partial charge in [-0.3, -0.25) is 14.7 Å². The van der Waals surface area contributed by atoms with Crippen LogP contribution in [0, 0.1) is 0 Å². The fourth-order valence-electron chi connectivity index (χ4n) is 3.13. The minimum absolute atomic E-state index is 0.168. The SMILES string of the molecule is CCOc1ccc(-n2c(SC(C)C(=O)NC(=O)NC3CC3)nnc2-c2ccccc2Cl)cc1. The topological polar surface area (TPSA) is 98.1 Å². The molecule has 8 nitrogen and oxygen atoms in total. The number of halogens is 1. The Bertz CT molecular complexity index is 1150. The molecule has 0 saturated heterocycles. The lowest BCUT2D eigenvalue weighted by atomic mass is 10.2. The molecular weight excluding hydrogens is 462 g/mol. The zero-order valence-electron chi connectivity index (χ0n) is 18.2. The quantitative estimate of drug-likeness (QED) is 0.457. The predicted octanol–water partition coefficient (Wildman–Crippen LogP) is 4.46. The minimum Gasteiger partial charge on any atom is -0.494 e. The maximum atomic E-state index is 12.6. The van der Waals surface area contributed by atoms with Gasteiger partial charge in [0, 0.05) is 17.3 Å². The van der Waals surface area contributed by atoms with Crippen molar-refractivity contribution in [3.05, 3.63) is 53.6 Å². The molecule has 3 amide bonds. The van der Waals surface area contributed by atoms with Gasteiger partial charge in [0.05, 0.1) is 16.9 Å². The van der Waals surface area contributed by atoms with E-state index in [0.29, 0.717) is 28.2 Å². The number of imide groups is 1.